The highest BCUT2D eigenvalue weighted by molar-refractivity contribution is 5.76. The molecule has 0 bridgehead atoms. The molecule has 16 N–H and O–H groups in total. The summed E-state index contributed by atoms with van der Waals surface area (Å²) in [5.41, 5.74) is 0. The van der Waals surface area contributed by atoms with E-state index in [1.807, 2.05) is 0 Å². The molecular formula is C29H49NO24. The highest BCUT2D eigenvalue weighted by Crippen LogP contribution is 2.36. The van der Waals surface area contributed by atoms with E-state index in [1.165, 1.54) is 0 Å². The number of hydrogen-bond donors (Lipinski definition) is 16. The minimum atomic E-state index is -2.91. The Labute approximate surface area is 305 Å². The molecule has 4 aliphatic heterocycles. The molecule has 1 unspecified atom stereocenters. The van der Waals surface area contributed by atoms with Crippen LogP contribution in [-0.4, -0.2) is 243 Å². The van der Waals surface area contributed by atoms with Crippen LogP contribution < -0.4 is 5.32 Å². The molecule has 0 aromatic rings. The number of aliphatic carboxylic acids is 1. The summed E-state index contributed by atoms with van der Waals surface area (Å²) in [6.07, 6.45) is -37.3. The van der Waals surface area contributed by atoms with Crippen molar-refractivity contribution in [2.24, 2.45) is 0 Å². The zero-order valence-corrected chi connectivity index (χ0v) is 28.5. The van der Waals surface area contributed by atoms with Gasteiger partial charge in [-0.2, -0.15) is 0 Å². The zero-order valence-electron chi connectivity index (χ0n) is 28.5. The molecule has 314 valence electrons. The van der Waals surface area contributed by atoms with Crippen molar-refractivity contribution in [3.63, 3.8) is 0 Å². The minimum Gasteiger partial charge on any atom is -0.477 e. The third kappa shape index (κ3) is 9.28. The van der Waals surface area contributed by atoms with E-state index in [2.05, 4.69) is 5.32 Å². The Kier molecular flexibility index (Phi) is 15.4. The number of carbonyl (C=O) groups is 2. The van der Waals surface area contributed by atoms with E-state index in [-0.39, 0.29) is 0 Å². The lowest BCUT2D eigenvalue weighted by atomic mass is 9.90. The molecule has 4 aliphatic rings. The van der Waals surface area contributed by atoms with Gasteiger partial charge >= 0.3 is 5.97 Å². The maximum Gasteiger partial charge on any atom is 0.364 e. The van der Waals surface area contributed by atoms with Crippen LogP contribution in [0.15, 0.2) is 0 Å². The quantitative estimate of drug-likeness (QED) is 0.0776. The van der Waals surface area contributed by atoms with Gasteiger partial charge in [-0.25, -0.2) is 4.79 Å². The van der Waals surface area contributed by atoms with Gasteiger partial charge in [0.15, 0.2) is 18.9 Å². The van der Waals surface area contributed by atoms with E-state index < -0.39 is 173 Å². The topological polar surface area (TPSA) is 414 Å². The molecule has 0 saturated carbocycles. The van der Waals surface area contributed by atoms with Crippen LogP contribution in [0.1, 0.15) is 13.3 Å². The summed E-state index contributed by atoms with van der Waals surface area (Å²) < 4.78 is 38.2. The molecule has 54 heavy (non-hydrogen) atoms. The van der Waals surface area contributed by atoms with Crippen LogP contribution in [0, 0.1) is 0 Å². The van der Waals surface area contributed by atoms with Crippen LogP contribution in [0.2, 0.25) is 0 Å². The smallest absolute Gasteiger partial charge is 0.364 e. The van der Waals surface area contributed by atoms with E-state index in [0.717, 1.165) is 6.92 Å². The Balaban J connectivity index is 1.52. The highest BCUT2D eigenvalue weighted by Gasteiger charge is 2.57. The monoisotopic (exact) mass is 795 g/mol. The van der Waals surface area contributed by atoms with E-state index in [0.29, 0.717) is 0 Å². The Morgan fingerprint density at radius 2 is 1.33 bits per heavy atom. The van der Waals surface area contributed by atoms with Gasteiger partial charge in [-0.1, -0.05) is 0 Å². The summed E-state index contributed by atoms with van der Waals surface area (Å²) in [6.45, 7) is -2.85. The number of aliphatic hydroxyl groups is 14. The third-order valence-electron chi connectivity index (χ3n) is 9.58. The Bertz CT molecular complexity index is 1240. The van der Waals surface area contributed by atoms with Crippen molar-refractivity contribution in [1.82, 2.24) is 5.32 Å². The summed E-state index contributed by atoms with van der Waals surface area (Å²) in [5, 5.41) is 157. The molecule has 25 heteroatoms. The predicted molar refractivity (Wildman–Crippen MR) is 163 cm³/mol. The van der Waals surface area contributed by atoms with Crippen molar-refractivity contribution < 1.29 is 119 Å². The largest absolute Gasteiger partial charge is 0.477 e. The molecule has 0 aromatic heterocycles. The summed E-state index contributed by atoms with van der Waals surface area (Å²) in [4.78, 5) is 24.5. The summed E-state index contributed by atoms with van der Waals surface area (Å²) >= 11 is 0. The molecule has 0 aromatic carbocycles. The number of aliphatic hydroxyl groups excluding tert-OH is 14. The van der Waals surface area contributed by atoms with Crippen molar-refractivity contribution in [2.75, 3.05) is 26.4 Å². The number of amides is 1. The molecule has 4 fully saturated rings. The maximum atomic E-state index is 12.4. The number of carboxylic acids is 1. The number of carbonyl (C=O) groups excluding carboxylic acids is 1. The van der Waals surface area contributed by atoms with Crippen molar-refractivity contribution in [3.8, 4) is 0 Å². The second kappa shape index (κ2) is 18.6. The van der Waals surface area contributed by atoms with Crippen molar-refractivity contribution in [2.45, 2.75) is 142 Å². The number of hydrogen-bond acceptors (Lipinski definition) is 23. The molecule has 0 spiro atoms. The molecule has 0 aliphatic carbocycles. The number of rotatable bonds is 14. The van der Waals surface area contributed by atoms with Gasteiger partial charge < -0.3 is 115 Å². The van der Waals surface area contributed by atoms with Gasteiger partial charge in [-0.05, 0) is 0 Å². The van der Waals surface area contributed by atoms with Gasteiger partial charge in [0.05, 0.1) is 32.5 Å². The standard InChI is InChI=1S/C29H49NO24/c1-7(34)30-13-18(41)22(11(5-33)50-26(13)53-24-20(43)16(39)10(4-32)49-25(24)45)52-27-21(44)19(42)17(40)12(51-27)6-48-29(28(46)47)2-8(35)14(37)23(54-29)15(38)9(36)3-31/h8-27,31-33,35-45H,2-6H2,1H3,(H,30,34)(H,46,47)/t8-,9+,10+,11+,12+,13+,14+,15+,16+,17-,18+,19-,20-,21+,22+,23+,24-,25?,26-,27-,29+/m0/s1. The number of ether oxygens (including phenoxy) is 7. The first-order valence-electron chi connectivity index (χ1n) is 16.7. The second-order valence-electron chi connectivity index (χ2n) is 13.3. The fraction of sp³-hybridized carbons (Fsp3) is 0.931. The summed E-state index contributed by atoms with van der Waals surface area (Å²) in [5.74, 6) is -5.63. The van der Waals surface area contributed by atoms with E-state index >= 15 is 0 Å². The first-order valence-corrected chi connectivity index (χ1v) is 16.7. The Hall–Kier alpha value is -1.90. The van der Waals surface area contributed by atoms with Crippen molar-refractivity contribution in [1.29, 1.82) is 0 Å². The average Bonchev–Trinajstić information content (AvgIpc) is 3.13. The van der Waals surface area contributed by atoms with E-state index in [1.54, 1.807) is 0 Å². The Morgan fingerprint density at radius 3 is 1.91 bits per heavy atom. The molecule has 4 saturated heterocycles. The SMILES string of the molecule is CC(=O)N[C@H]1[C@H](O[C@@H]2C(O)O[C@H](CO)[C@@H](O)[C@@H]2O)O[C@H](CO)[C@@H](O[C@@H]2O[C@H](CO[C@]3(C(=O)O)C[C@H](O)[C@@H](O)[C@H]([C@H](O)[C@H](O)CO)O3)[C@H](O)[C@H](O)[C@H]2O)[C@@H]1O. The van der Waals surface area contributed by atoms with Gasteiger partial charge in [0.1, 0.15) is 97.6 Å². The molecular weight excluding hydrogens is 746 g/mol. The summed E-state index contributed by atoms with van der Waals surface area (Å²) in [7, 11) is 0. The first-order chi connectivity index (χ1) is 25.3. The van der Waals surface area contributed by atoms with Crippen LogP contribution in [0.3, 0.4) is 0 Å². The van der Waals surface area contributed by atoms with Crippen LogP contribution >= 0.6 is 0 Å². The fourth-order valence-electron chi connectivity index (χ4n) is 6.50. The molecule has 25 nitrogen and oxygen atoms in total. The lowest BCUT2D eigenvalue weighted by molar-refractivity contribution is -0.374. The van der Waals surface area contributed by atoms with Gasteiger partial charge in [0, 0.05) is 13.3 Å². The lowest BCUT2D eigenvalue weighted by Crippen LogP contribution is -2.69. The van der Waals surface area contributed by atoms with Gasteiger partial charge in [0.25, 0.3) is 5.79 Å². The van der Waals surface area contributed by atoms with E-state index in [4.69, 9.17) is 33.2 Å². The zero-order chi connectivity index (χ0) is 40.4. The molecule has 0 radical (unpaired) electrons. The van der Waals surface area contributed by atoms with Crippen LogP contribution in [0.5, 0.6) is 0 Å². The second-order valence-corrected chi connectivity index (χ2v) is 13.3. The predicted octanol–water partition coefficient (Wildman–Crippen LogP) is -10.4. The minimum absolute atomic E-state index is 0.793. The highest BCUT2D eigenvalue weighted by atomic mass is 16.8. The normalized spacial score (nSPS) is 47.1. The molecule has 4 rings (SSSR count). The third-order valence-corrected chi connectivity index (χ3v) is 9.58. The molecule has 21 atom stereocenters. The van der Waals surface area contributed by atoms with Gasteiger partial charge in [-0.3, -0.25) is 4.79 Å². The summed E-state index contributed by atoms with van der Waals surface area (Å²) in [6, 6.07) is -1.66. The van der Waals surface area contributed by atoms with Crippen LogP contribution in [-0.2, 0) is 42.7 Å². The Morgan fingerprint density at radius 1 is 0.741 bits per heavy atom. The van der Waals surface area contributed by atoms with Gasteiger partial charge in [0.2, 0.25) is 5.91 Å². The van der Waals surface area contributed by atoms with E-state index in [9.17, 15) is 86.2 Å². The van der Waals surface area contributed by atoms with Crippen molar-refractivity contribution in [3.05, 3.63) is 0 Å². The molecule has 1 amide bonds. The van der Waals surface area contributed by atoms with Crippen molar-refractivity contribution >= 4 is 11.9 Å². The van der Waals surface area contributed by atoms with Crippen LogP contribution in [0.4, 0.5) is 0 Å². The number of carboxylic acid groups (broad SMARTS) is 1. The average molecular weight is 796 g/mol. The fourth-order valence-corrected chi connectivity index (χ4v) is 6.50. The maximum absolute atomic E-state index is 12.4. The molecule has 4 heterocycles. The van der Waals surface area contributed by atoms with Crippen LogP contribution in [0.25, 0.3) is 0 Å². The first kappa shape index (κ1) is 44.8. The number of nitrogens with one attached hydrogen (secondary N) is 1. The van der Waals surface area contributed by atoms with Gasteiger partial charge in [-0.15, -0.1) is 0 Å². The lowest BCUT2D eigenvalue weighted by Gasteiger charge is -2.49.